The van der Waals surface area contributed by atoms with Gasteiger partial charge >= 0.3 is 0 Å². The van der Waals surface area contributed by atoms with E-state index < -0.39 is 0 Å². The summed E-state index contributed by atoms with van der Waals surface area (Å²) < 4.78 is 2.73. The van der Waals surface area contributed by atoms with Crippen LogP contribution in [0.25, 0.3) is 0 Å². The van der Waals surface area contributed by atoms with Gasteiger partial charge in [-0.1, -0.05) is 18.2 Å². The van der Waals surface area contributed by atoms with Gasteiger partial charge in [-0.15, -0.1) is 0 Å². The van der Waals surface area contributed by atoms with Crippen molar-refractivity contribution in [3.8, 4) is 0 Å². The van der Waals surface area contributed by atoms with E-state index in [1.54, 1.807) is 0 Å². The second-order valence-corrected chi connectivity index (χ2v) is 5.94. The predicted molar refractivity (Wildman–Crippen MR) is 89.8 cm³/mol. The Morgan fingerprint density at radius 3 is 2.67 bits per heavy atom. The van der Waals surface area contributed by atoms with Crippen LogP contribution in [0.15, 0.2) is 47.1 Å². The maximum Gasteiger partial charge on any atom is 0.267 e. The molecule has 0 fully saturated rings. The van der Waals surface area contributed by atoms with Crippen LogP contribution >= 0.6 is 15.9 Å². The molecule has 0 bridgehead atoms. The lowest BCUT2D eigenvalue weighted by Crippen LogP contribution is -2.29. The number of hydrogen-bond donors (Lipinski definition) is 1. The summed E-state index contributed by atoms with van der Waals surface area (Å²) in [5.74, 6) is -0.0365. The molecule has 1 N–H and O–H groups in total. The fourth-order valence-corrected chi connectivity index (χ4v) is 2.69. The normalized spacial score (nSPS) is 10.4. The van der Waals surface area contributed by atoms with Gasteiger partial charge in [0.2, 0.25) is 0 Å². The molecule has 1 amide bonds. The van der Waals surface area contributed by atoms with Gasteiger partial charge in [0.1, 0.15) is 5.69 Å². The van der Waals surface area contributed by atoms with Crippen molar-refractivity contribution in [2.24, 2.45) is 7.05 Å². The monoisotopic (exact) mass is 349 g/mol. The fraction of sp³-hybridized carbons (Fsp3) is 0.312. The Bertz CT molecular complexity index is 595. The van der Waals surface area contributed by atoms with Crippen LogP contribution in [-0.4, -0.2) is 30.6 Å². The van der Waals surface area contributed by atoms with E-state index in [0.29, 0.717) is 12.2 Å². The Labute approximate surface area is 133 Å². The number of nitrogens with zero attached hydrogens (tertiary/aromatic N) is 2. The summed E-state index contributed by atoms with van der Waals surface area (Å²) >= 11 is 3.37. The molecule has 0 atom stereocenters. The SMILES string of the molecule is CN(CCCNC(=O)c1cc(Br)cn1C)c1ccccc1. The van der Waals surface area contributed by atoms with E-state index in [-0.39, 0.29) is 5.91 Å². The van der Waals surface area contributed by atoms with Crippen LogP contribution in [0, 0.1) is 0 Å². The van der Waals surface area contributed by atoms with Crippen molar-refractivity contribution >= 4 is 27.5 Å². The molecular weight excluding hydrogens is 330 g/mol. The standard InChI is InChI=1S/C16H20BrN3O/c1-19(14-7-4-3-5-8-14)10-6-9-18-16(21)15-11-13(17)12-20(15)2/h3-5,7-8,11-12H,6,9-10H2,1-2H3,(H,18,21). The minimum atomic E-state index is -0.0365. The summed E-state index contributed by atoms with van der Waals surface area (Å²) in [6.07, 6.45) is 2.78. The van der Waals surface area contributed by atoms with Gasteiger partial charge in [0.15, 0.2) is 0 Å². The largest absolute Gasteiger partial charge is 0.375 e. The topological polar surface area (TPSA) is 37.3 Å². The number of benzene rings is 1. The average Bonchev–Trinajstić information content (AvgIpc) is 2.83. The van der Waals surface area contributed by atoms with E-state index in [1.165, 1.54) is 5.69 Å². The Morgan fingerprint density at radius 1 is 1.33 bits per heavy atom. The van der Waals surface area contributed by atoms with Crippen LogP contribution in [0.1, 0.15) is 16.9 Å². The van der Waals surface area contributed by atoms with E-state index in [9.17, 15) is 4.79 Å². The first kappa shape index (κ1) is 15.6. The maximum absolute atomic E-state index is 12.0. The summed E-state index contributed by atoms with van der Waals surface area (Å²) in [5, 5.41) is 2.95. The van der Waals surface area contributed by atoms with Crippen LogP contribution in [0.5, 0.6) is 0 Å². The first-order valence-electron chi connectivity index (χ1n) is 6.94. The molecule has 0 aliphatic heterocycles. The van der Waals surface area contributed by atoms with Gasteiger partial charge in [0.05, 0.1) is 0 Å². The zero-order chi connectivity index (χ0) is 15.2. The fourth-order valence-electron chi connectivity index (χ4n) is 2.17. The molecule has 4 nitrogen and oxygen atoms in total. The molecule has 21 heavy (non-hydrogen) atoms. The molecule has 1 heterocycles. The highest BCUT2D eigenvalue weighted by atomic mass is 79.9. The van der Waals surface area contributed by atoms with Crippen LogP contribution in [-0.2, 0) is 7.05 Å². The molecule has 2 rings (SSSR count). The second-order valence-electron chi connectivity index (χ2n) is 5.02. The van der Waals surface area contributed by atoms with E-state index in [2.05, 4.69) is 45.3 Å². The third-order valence-corrected chi connectivity index (χ3v) is 3.79. The Morgan fingerprint density at radius 2 is 2.05 bits per heavy atom. The molecule has 112 valence electrons. The van der Waals surface area contributed by atoms with Crippen LogP contribution < -0.4 is 10.2 Å². The molecule has 1 aromatic heterocycles. The van der Waals surface area contributed by atoms with Gasteiger partial charge in [-0.2, -0.15) is 0 Å². The Balaban J connectivity index is 1.75. The minimum absolute atomic E-state index is 0.0365. The second kappa shape index (κ2) is 7.31. The lowest BCUT2D eigenvalue weighted by Gasteiger charge is -2.19. The summed E-state index contributed by atoms with van der Waals surface area (Å²) in [4.78, 5) is 14.2. The van der Waals surface area contributed by atoms with Crippen molar-refractivity contribution in [1.82, 2.24) is 9.88 Å². The van der Waals surface area contributed by atoms with Crippen molar-refractivity contribution in [1.29, 1.82) is 0 Å². The van der Waals surface area contributed by atoms with Crippen LogP contribution in [0.4, 0.5) is 5.69 Å². The number of aryl methyl sites for hydroxylation is 1. The minimum Gasteiger partial charge on any atom is -0.375 e. The zero-order valence-corrected chi connectivity index (χ0v) is 13.9. The highest BCUT2D eigenvalue weighted by Gasteiger charge is 2.10. The predicted octanol–water partition coefficient (Wildman–Crippen LogP) is 3.04. The third kappa shape index (κ3) is 4.36. The lowest BCUT2D eigenvalue weighted by molar-refractivity contribution is 0.0945. The van der Waals surface area contributed by atoms with Gasteiger partial charge in [0.25, 0.3) is 5.91 Å². The molecule has 5 heteroatoms. The van der Waals surface area contributed by atoms with E-state index >= 15 is 0 Å². The van der Waals surface area contributed by atoms with Gasteiger partial charge in [-0.3, -0.25) is 4.79 Å². The van der Waals surface area contributed by atoms with E-state index in [1.807, 2.05) is 42.1 Å². The van der Waals surface area contributed by atoms with Crippen molar-refractivity contribution in [3.05, 3.63) is 52.8 Å². The first-order chi connectivity index (χ1) is 10.1. The van der Waals surface area contributed by atoms with E-state index in [0.717, 1.165) is 17.4 Å². The molecule has 0 spiro atoms. The van der Waals surface area contributed by atoms with Gasteiger partial charge in [-0.05, 0) is 40.5 Å². The number of nitrogens with one attached hydrogen (secondary N) is 1. The summed E-state index contributed by atoms with van der Waals surface area (Å²) in [7, 11) is 3.92. The molecule has 2 aromatic rings. The van der Waals surface area contributed by atoms with Crippen LogP contribution in [0.2, 0.25) is 0 Å². The third-order valence-electron chi connectivity index (χ3n) is 3.36. The van der Waals surface area contributed by atoms with Gasteiger partial charge in [-0.25, -0.2) is 0 Å². The quantitative estimate of drug-likeness (QED) is 0.813. The molecule has 0 aliphatic carbocycles. The number of halogens is 1. The summed E-state index contributed by atoms with van der Waals surface area (Å²) in [5.41, 5.74) is 1.86. The molecule has 0 aliphatic rings. The molecule has 0 unspecified atom stereocenters. The zero-order valence-electron chi connectivity index (χ0n) is 12.3. The number of carbonyl (C=O) groups excluding carboxylic acids is 1. The maximum atomic E-state index is 12.0. The lowest BCUT2D eigenvalue weighted by atomic mass is 10.3. The number of amides is 1. The number of hydrogen-bond acceptors (Lipinski definition) is 2. The molecule has 1 aromatic carbocycles. The summed E-state index contributed by atoms with van der Waals surface area (Å²) in [6.45, 7) is 1.57. The number of anilines is 1. The van der Waals surface area contributed by atoms with Gasteiger partial charge < -0.3 is 14.8 Å². The number of carbonyl (C=O) groups is 1. The number of para-hydroxylation sites is 1. The smallest absolute Gasteiger partial charge is 0.267 e. The Hall–Kier alpha value is -1.75. The van der Waals surface area contributed by atoms with Crippen molar-refractivity contribution < 1.29 is 4.79 Å². The number of aromatic nitrogens is 1. The van der Waals surface area contributed by atoms with Gasteiger partial charge in [0, 0.05) is 43.5 Å². The van der Waals surface area contributed by atoms with Crippen molar-refractivity contribution in [2.45, 2.75) is 6.42 Å². The highest BCUT2D eigenvalue weighted by Crippen LogP contribution is 2.13. The van der Waals surface area contributed by atoms with E-state index in [4.69, 9.17) is 0 Å². The Kier molecular flexibility index (Phi) is 5.44. The van der Waals surface area contributed by atoms with Crippen molar-refractivity contribution in [2.75, 3.05) is 25.0 Å². The molecule has 0 radical (unpaired) electrons. The first-order valence-corrected chi connectivity index (χ1v) is 7.73. The molecule has 0 saturated heterocycles. The highest BCUT2D eigenvalue weighted by molar-refractivity contribution is 9.10. The molecule has 0 saturated carbocycles. The number of rotatable bonds is 6. The average molecular weight is 350 g/mol. The summed E-state index contributed by atoms with van der Waals surface area (Å²) in [6, 6.07) is 12.1. The van der Waals surface area contributed by atoms with Crippen LogP contribution in [0.3, 0.4) is 0 Å². The van der Waals surface area contributed by atoms with Crippen molar-refractivity contribution in [3.63, 3.8) is 0 Å². The molecular formula is C16H20BrN3O.